The van der Waals surface area contributed by atoms with E-state index in [9.17, 15) is 14.7 Å². The Hall–Kier alpha value is -2.83. The Morgan fingerprint density at radius 3 is 2.42 bits per heavy atom. The number of carboxylic acid groups (broad SMARTS) is 1. The Kier molecular flexibility index (Phi) is 9.05. The monoisotopic (exact) mass is 529 g/mol. The van der Waals surface area contributed by atoms with Gasteiger partial charge in [-0.05, 0) is 30.2 Å². The van der Waals surface area contributed by atoms with Crippen LogP contribution in [0.5, 0.6) is 0 Å². The number of aliphatic hydroxyl groups excluding tert-OH is 1. The van der Waals surface area contributed by atoms with E-state index in [1.54, 1.807) is 35.2 Å². The second-order valence-corrected chi connectivity index (χ2v) is 10.8. The number of aliphatic carboxylic acids is 1. The van der Waals surface area contributed by atoms with E-state index in [-0.39, 0.29) is 37.6 Å². The van der Waals surface area contributed by atoms with Gasteiger partial charge in [0, 0.05) is 29.8 Å². The predicted octanol–water partition coefficient (Wildman–Crippen LogP) is 4.48. The van der Waals surface area contributed by atoms with E-state index >= 15 is 0 Å². The van der Waals surface area contributed by atoms with Crippen molar-refractivity contribution in [1.29, 1.82) is 0 Å². The number of aryl methyl sites for hydroxylation is 1. The third-order valence-corrected chi connectivity index (χ3v) is 7.65. The zero-order valence-electron chi connectivity index (χ0n) is 19.6. The highest BCUT2D eigenvalue weighted by Gasteiger charge is 2.32. The Morgan fingerprint density at radius 2 is 1.78 bits per heavy atom. The summed E-state index contributed by atoms with van der Waals surface area (Å²) in [6.45, 7) is 1.91. The smallest absolute Gasteiger partial charge is 0.303 e. The highest BCUT2D eigenvalue weighted by atomic mass is 32.2. The number of hydrogen-bond donors (Lipinski definition) is 3. The number of thioether (sulfide) groups is 1. The second kappa shape index (κ2) is 12.4. The molecule has 11 heteroatoms. The summed E-state index contributed by atoms with van der Waals surface area (Å²) in [7, 11) is 0. The number of carbonyl (C=O) groups is 2. The Bertz CT molecular complexity index is 1170. The van der Waals surface area contributed by atoms with Crippen molar-refractivity contribution in [2.24, 2.45) is 0 Å². The molecule has 0 radical (unpaired) electrons. The number of nitrogens with zero attached hydrogens (tertiary/aromatic N) is 2. The number of amides is 1. The van der Waals surface area contributed by atoms with E-state index in [0.29, 0.717) is 17.9 Å². The van der Waals surface area contributed by atoms with Gasteiger partial charge in [0.05, 0.1) is 25.2 Å². The van der Waals surface area contributed by atoms with Gasteiger partial charge in [-0.1, -0.05) is 59.5 Å². The molecule has 2 heterocycles. The molecule has 3 N–H and O–H groups in total. The Balaban J connectivity index is 1.46. The van der Waals surface area contributed by atoms with Gasteiger partial charge in [0.1, 0.15) is 5.01 Å². The summed E-state index contributed by atoms with van der Waals surface area (Å²) in [5.41, 5.74) is 3.21. The molecule has 1 aliphatic heterocycles. The highest BCUT2D eigenvalue weighted by Crippen LogP contribution is 2.39. The molecule has 1 fully saturated rings. The molecule has 36 heavy (non-hydrogen) atoms. The fraction of sp³-hybridized carbons (Fsp3) is 0.360. The van der Waals surface area contributed by atoms with Gasteiger partial charge in [-0.3, -0.25) is 9.59 Å². The number of aromatic nitrogens is 2. The molecule has 0 saturated carbocycles. The first-order chi connectivity index (χ1) is 17.4. The van der Waals surface area contributed by atoms with Gasteiger partial charge in [-0.25, -0.2) is 0 Å². The van der Waals surface area contributed by atoms with Crippen molar-refractivity contribution in [3.8, 4) is 0 Å². The SMILES string of the molecule is Cc1nnc(SC[C@@H]2C[C@H](c3ccc(CO)cc3)O[C@H](c3ccc(NC(=O)CCC(=O)O)cc3)O2)s1. The number of anilines is 1. The van der Waals surface area contributed by atoms with Crippen LogP contribution < -0.4 is 5.32 Å². The molecule has 3 aromatic rings. The number of aliphatic hydroxyl groups is 1. The molecular formula is C25H27N3O6S2. The van der Waals surface area contributed by atoms with E-state index in [1.165, 1.54) is 0 Å². The van der Waals surface area contributed by atoms with Crippen LogP contribution in [0.15, 0.2) is 52.9 Å². The van der Waals surface area contributed by atoms with E-state index in [2.05, 4.69) is 15.5 Å². The quantitative estimate of drug-likeness (QED) is 0.325. The normalized spacial score (nSPS) is 19.7. The summed E-state index contributed by atoms with van der Waals surface area (Å²) in [6, 6.07) is 14.8. The first kappa shape index (κ1) is 26.2. The molecule has 0 unspecified atom stereocenters. The van der Waals surface area contributed by atoms with Crippen molar-refractivity contribution in [2.75, 3.05) is 11.1 Å². The maximum absolute atomic E-state index is 11.9. The van der Waals surface area contributed by atoms with Crippen molar-refractivity contribution in [3.63, 3.8) is 0 Å². The third kappa shape index (κ3) is 7.34. The van der Waals surface area contributed by atoms with E-state index in [1.807, 2.05) is 43.3 Å². The van der Waals surface area contributed by atoms with Gasteiger partial charge in [-0.2, -0.15) is 0 Å². The van der Waals surface area contributed by atoms with Crippen molar-refractivity contribution in [3.05, 3.63) is 70.2 Å². The van der Waals surface area contributed by atoms with Crippen molar-refractivity contribution in [1.82, 2.24) is 10.2 Å². The molecule has 0 spiro atoms. The molecule has 190 valence electrons. The number of benzene rings is 2. The minimum absolute atomic E-state index is 0.0166. The van der Waals surface area contributed by atoms with Crippen LogP contribution in [-0.4, -0.2) is 44.1 Å². The zero-order valence-corrected chi connectivity index (χ0v) is 21.3. The maximum Gasteiger partial charge on any atom is 0.303 e. The van der Waals surface area contributed by atoms with Crippen LogP contribution in [0, 0.1) is 6.92 Å². The lowest BCUT2D eigenvalue weighted by molar-refractivity contribution is -0.245. The lowest BCUT2D eigenvalue weighted by atomic mass is 10.0. The van der Waals surface area contributed by atoms with Gasteiger partial charge in [0.2, 0.25) is 5.91 Å². The first-order valence-electron chi connectivity index (χ1n) is 11.4. The Labute approximate surface area is 216 Å². The van der Waals surface area contributed by atoms with Crippen LogP contribution in [0.25, 0.3) is 0 Å². The molecule has 1 amide bonds. The fourth-order valence-electron chi connectivity index (χ4n) is 3.69. The van der Waals surface area contributed by atoms with Gasteiger partial charge >= 0.3 is 5.97 Å². The molecule has 1 saturated heterocycles. The van der Waals surface area contributed by atoms with E-state index in [0.717, 1.165) is 26.0 Å². The summed E-state index contributed by atoms with van der Waals surface area (Å²) >= 11 is 3.16. The summed E-state index contributed by atoms with van der Waals surface area (Å²) in [6.07, 6.45) is -0.554. The van der Waals surface area contributed by atoms with Crippen LogP contribution in [-0.2, 0) is 25.7 Å². The average molecular weight is 530 g/mol. The molecule has 1 aromatic heterocycles. The number of nitrogens with one attached hydrogen (secondary N) is 1. The van der Waals surface area contributed by atoms with Crippen LogP contribution in [0.1, 0.15) is 53.4 Å². The van der Waals surface area contributed by atoms with Crippen LogP contribution in [0.2, 0.25) is 0 Å². The maximum atomic E-state index is 11.9. The predicted molar refractivity (Wildman–Crippen MR) is 136 cm³/mol. The molecular weight excluding hydrogens is 502 g/mol. The summed E-state index contributed by atoms with van der Waals surface area (Å²) in [5, 5.41) is 30.0. The van der Waals surface area contributed by atoms with Gasteiger partial charge in [-0.15, -0.1) is 10.2 Å². The third-order valence-electron chi connectivity index (χ3n) is 5.55. The lowest BCUT2D eigenvalue weighted by Crippen LogP contribution is -2.31. The van der Waals surface area contributed by atoms with Gasteiger partial charge < -0.3 is 25.0 Å². The number of rotatable bonds is 10. The van der Waals surface area contributed by atoms with Crippen LogP contribution in [0.3, 0.4) is 0 Å². The average Bonchev–Trinajstić information content (AvgIpc) is 3.31. The number of carbonyl (C=O) groups excluding carboxylic acids is 1. The minimum atomic E-state index is -1.01. The van der Waals surface area contributed by atoms with Gasteiger partial charge in [0.25, 0.3) is 0 Å². The largest absolute Gasteiger partial charge is 0.481 e. The second-order valence-electron chi connectivity index (χ2n) is 8.31. The lowest BCUT2D eigenvalue weighted by Gasteiger charge is -2.36. The number of ether oxygens (including phenoxy) is 2. The minimum Gasteiger partial charge on any atom is -0.481 e. The number of hydrogen-bond acceptors (Lipinski definition) is 9. The van der Waals surface area contributed by atoms with Gasteiger partial charge in [0.15, 0.2) is 10.6 Å². The summed E-state index contributed by atoms with van der Waals surface area (Å²) in [5.74, 6) is -0.676. The number of carboxylic acids is 1. The van der Waals surface area contributed by atoms with E-state index in [4.69, 9.17) is 14.6 Å². The molecule has 3 atom stereocenters. The zero-order chi connectivity index (χ0) is 25.5. The Morgan fingerprint density at radius 1 is 1.06 bits per heavy atom. The molecule has 0 aliphatic carbocycles. The molecule has 4 rings (SSSR count). The van der Waals surface area contributed by atoms with E-state index < -0.39 is 12.3 Å². The molecule has 9 nitrogen and oxygen atoms in total. The molecule has 0 bridgehead atoms. The van der Waals surface area contributed by atoms with Crippen molar-refractivity contribution < 1.29 is 29.3 Å². The molecule has 1 aliphatic rings. The summed E-state index contributed by atoms with van der Waals surface area (Å²) < 4.78 is 13.5. The standard InChI is InChI=1S/C25H27N3O6S2/c1-15-27-28-25(36-15)35-14-20-12-21(17-4-2-16(13-29)3-5-17)34-24(33-20)18-6-8-19(9-7-18)26-22(30)10-11-23(31)32/h2-9,20-21,24,29H,10-14H2,1H3,(H,26,30)(H,31,32)/t20-,21+,24+/m0/s1. The fourth-order valence-corrected chi connectivity index (χ4v) is 5.55. The van der Waals surface area contributed by atoms with Crippen LogP contribution >= 0.6 is 23.1 Å². The first-order valence-corrected chi connectivity index (χ1v) is 13.2. The topological polar surface area (TPSA) is 131 Å². The highest BCUT2D eigenvalue weighted by molar-refractivity contribution is 8.01. The summed E-state index contributed by atoms with van der Waals surface area (Å²) in [4.78, 5) is 22.6. The van der Waals surface area contributed by atoms with Crippen molar-refractivity contribution >= 4 is 40.7 Å². The van der Waals surface area contributed by atoms with Crippen molar-refractivity contribution in [2.45, 2.75) is 55.6 Å². The van der Waals surface area contributed by atoms with Crippen LogP contribution in [0.4, 0.5) is 5.69 Å². The molecule has 2 aromatic carbocycles.